The Morgan fingerprint density at radius 2 is 2.14 bits per heavy atom. The fraction of sp³-hybridized carbons (Fsp3) is 0.278. The zero-order valence-corrected chi connectivity index (χ0v) is 16.4. The van der Waals surface area contributed by atoms with E-state index in [-0.39, 0.29) is 24.5 Å². The van der Waals surface area contributed by atoms with Crippen LogP contribution in [0.1, 0.15) is 17.1 Å². The second-order valence-electron chi connectivity index (χ2n) is 5.97. The van der Waals surface area contributed by atoms with Gasteiger partial charge in [0.15, 0.2) is 0 Å². The van der Waals surface area contributed by atoms with E-state index >= 15 is 0 Å². The molecule has 0 bridgehead atoms. The highest BCUT2D eigenvalue weighted by atomic mass is 32.1. The van der Waals surface area contributed by atoms with Crippen LogP contribution in [0.25, 0.3) is 10.6 Å². The van der Waals surface area contributed by atoms with Crippen LogP contribution < -0.4 is 4.74 Å². The average molecular weight is 402 g/mol. The van der Waals surface area contributed by atoms with Crippen molar-refractivity contribution < 1.29 is 19.2 Å². The molecule has 0 saturated heterocycles. The highest BCUT2D eigenvalue weighted by Crippen LogP contribution is 2.27. The molecule has 0 unspecified atom stereocenters. The first-order chi connectivity index (χ1) is 13.4. The van der Waals surface area contributed by atoms with Crippen molar-refractivity contribution in [3.63, 3.8) is 0 Å². The topological polar surface area (TPSA) is 109 Å². The number of carbonyl (C=O) groups is 1. The van der Waals surface area contributed by atoms with E-state index < -0.39 is 10.9 Å². The van der Waals surface area contributed by atoms with Crippen LogP contribution in [0.5, 0.6) is 5.75 Å². The molecule has 10 heteroatoms. The summed E-state index contributed by atoms with van der Waals surface area (Å²) < 4.78 is 11.7. The van der Waals surface area contributed by atoms with Gasteiger partial charge in [-0.25, -0.2) is 4.98 Å². The van der Waals surface area contributed by atoms with Gasteiger partial charge in [0.05, 0.1) is 17.7 Å². The van der Waals surface area contributed by atoms with Gasteiger partial charge in [-0.15, -0.1) is 11.3 Å². The Kier molecular flexibility index (Phi) is 5.69. The van der Waals surface area contributed by atoms with Crippen LogP contribution in [-0.2, 0) is 22.7 Å². The number of benzene rings is 1. The van der Waals surface area contributed by atoms with Crippen LogP contribution in [0.3, 0.4) is 0 Å². The van der Waals surface area contributed by atoms with Crippen molar-refractivity contribution in [3.8, 4) is 16.3 Å². The maximum absolute atomic E-state index is 12.1. The van der Waals surface area contributed by atoms with E-state index in [1.54, 1.807) is 14.0 Å². The summed E-state index contributed by atoms with van der Waals surface area (Å²) in [5.41, 5.74) is 2.02. The molecule has 9 nitrogen and oxygen atoms in total. The predicted octanol–water partition coefficient (Wildman–Crippen LogP) is 3.28. The SMILES string of the molecule is COc1cccc(-c2nc(COC(=O)Cn3nc(C)c([N+](=O)[O-])c3C)cs2)c1. The fourth-order valence-corrected chi connectivity index (χ4v) is 3.49. The molecule has 28 heavy (non-hydrogen) atoms. The number of carbonyl (C=O) groups excluding carboxylic acids is 1. The van der Waals surface area contributed by atoms with E-state index in [0.29, 0.717) is 11.4 Å². The van der Waals surface area contributed by atoms with Crippen LogP contribution in [-0.4, -0.2) is 32.8 Å². The Bertz CT molecular complexity index is 1030. The summed E-state index contributed by atoms with van der Waals surface area (Å²) in [5.74, 6) is 0.191. The van der Waals surface area contributed by atoms with Crippen LogP contribution in [0, 0.1) is 24.0 Å². The molecular formula is C18H18N4O5S. The van der Waals surface area contributed by atoms with Crippen molar-refractivity contribution in [2.45, 2.75) is 27.0 Å². The van der Waals surface area contributed by atoms with Gasteiger partial charge in [0.25, 0.3) is 0 Å². The van der Waals surface area contributed by atoms with Crippen LogP contribution in [0.15, 0.2) is 29.6 Å². The summed E-state index contributed by atoms with van der Waals surface area (Å²) in [4.78, 5) is 27.1. The van der Waals surface area contributed by atoms with Crippen molar-refractivity contribution in [2.24, 2.45) is 0 Å². The quantitative estimate of drug-likeness (QED) is 0.339. The normalized spacial score (nSPS) is 10.7. The molecule has 0 aliphatic heterocycles. The largest absolute Gasteiger partial charge is 0.497 e. The summed E-state index contributed by atoms with van der Waals surface area (Å²) in [6.07, 6.45) is 0. The van der Waals surface area contributed by atoms with Crippen molar-refractivity contribution in [3.05, 3.63) is 56.8 Å². The van der Waals surface area contributed by atoms with E-state index in [2.05, 4.69) is 10.1 Å². The van der Waals surface area contributed by atoms with Gasteiger partial charge in [-0.1, -0.05) is 12.1 Å². The lowest BCUT2D eigenvalue weighted by atomic mass is 10.2. The maximum Gasteiger partial charge on any atom is 0.328 e. The number of esters is 1. The molecular weight excluding hydrogens is 384 g/mol. The molecule has 0 atom stereocenters. The van der Waals surface area contributed by atoms with Crippen LogP contribution in [0.2, 0.25) is 0 Å². The zero-order valence-electron chi connectivity index (χ0n) is 15.5. The first-order valence-corrected chi connectivity index (χ1v) is 9.20. The van der Waals surface area contributed by atoms with Crippen molar-refractivity contribution in [1.82, 2.24) is 14.8 Å². The fourth-order valence-electron chi connectivity index (χ4n) is 2.69. The number of rotatable bonds is 7. The Morgan fingerprint density at radius 1 is 1.36 bits per heavy atom. The Hall–Kier alpha value is -3.27. The average Bonchev–Trinajstić information content (AvgIpc) is 3.24. The molecule has 1 aromatic carbocycles. The number of hydrogen-bond acceptors (Lipinski definition) is 8. The third-order valence-corrected chi connectivity index (χ3v) is 4.99. The molecule has 0 amide bonds. The molecule has 0 N–H and O–H groups in total. The van der Waals surface area contributed by atoms with Gasteiger partial charge in [0, 0.05) is 10.9 Å². The van der Waals surface area contributed by atoms with E-state index in [1.807, 2.05) is 29.6 Å². The number of ether oxygens (including phenoxy) is 2. The summed E-state index contributed by atoms with van der Waals surface area (Å²) >= 11 is 1.44. The summed E-state index contributed by atoms with van der Waals surface area (Å²) in [7, 11) is 1.60. The van der Waals surface area contributed by atoms with Gasteiger partial charge in [0.1, 0.15) is 35.3 Å². The second-order valence-corrected chi connectivity index (χ2v) is 6.83. The van der Waals surface area contributed by atoms with E-state index in [0.717, 1.165) is 16.3 Å². The van der Waals surface area contributed by atoms with Crippen LogP contribution in [0.4, 0.5) is 5.69 Å². The van der Waals surface area contributed by atoms with E-state index in [4.69, 9.17) is 9.47 Å². The van der Waals surface area contributed by atoms with Gasteiger partial charge in [0.2, 0.25) is 0 Å². The van der Waals surface area contributed by atoms with Gasteiger partial charge in [-0.2, -0.15) is 5.10 Å². The molecule has 2 aromatic heterocycles. The number of nitro groups is 1. The summed E-state index contributed by atoms with van der Waals surface area (Å²) in [6, 6.07) is 7.53. The number of aryl methyl sites for hydroxylation is 1. The van der Waals surface area contributed by atoms with Crippen molar-refractivity contribution in [1.29, 1.82) is 0 Å². The van der Waals surface area contributed by atoms with Crippen molar-refractivity contribution in [2.75, 3.05) is 7.11 Å². The smallest absolute Gasteiger partial charge is 0.328 e. The molecule has 0 spiro atoms. The molecule has 0 fully saturated rings. The maximum atomic E-state index is 12.1. The van der Waals surface area contributed by atoms with Gasteiger partial charge in [-0.3, -0.25) is 19.6 Å². The monoisotopic (exact) mass is 402 g/mol. The van der Waals surface area contributed by atoms with Crippen LogP contribution >= 0.6 is 11.3 Å². The first kappa shape index (κ1) is 19.5. The van der Waals surface area contributed by atoms with E-state index in [9.17, 15) is 14.9 Å². The van der Waals surface area contributed by atoms with Gasteiger partial charge in [-0.05, 0) is 26.0 Å². The number of nitrogens with zero attached hydrogens (tertiary/aromatic N) is 4. The molecule has 3 rings (SSSR count). The van der Waals surface area contributed by atoms with Gasteiger partial charge >= 0.3 is 11.7 Å². The Labute approximate surface area is 164 Å². The lowest BCUT2D eigenvalue weighted by Crippen LogP contribution is -2.15. The zero-order chi connectivity index (χ0) is 20.3. The lowest BCUT2D eigenvalue weighted by molar-refractivity contribution is -0.386. The molecule has 3 aromatic rings. The molecule has 146 valence electrons. The molecule has 0 aliphatic carbocycles. The highest BCUT2D eigenvalue weighted by Gasteiger charge is 2.23. The third-order valence-electron chi connectivity index (χ3n) is 4.05. The molecule has 0 radical (unpaired) electrons. The third kappa shape index (κ3) is 4.17. The first-order valence-electron chi connectivity index (χ1n) is 8.32. The number of aromatic nitrogens is 3. The molecule has 2 heterocycles. The minimum Gasteiger partial charge on any atom is -0.497 e. The second kappa shape index (κ2) is 8.17. The minimum absolute atomic E-state index is 0.0146. The lowest BCUT2D eigenvalue weighted by Gasteiger charge is -2.04. The molecule has 0 aliphatic rings. The number of hydrogen-bond donors (Lipinski definition) is 0. The minimum atomic E-state index is -0.545. The van der Waals surface area contributed by atoms with Gasteiger partial charge < -0.3 is 9.47 Å². The Morgan fingerprint density at radius 3 is 2.82 bits per heavy atom. The van der Waals surface area contributed by atoms with E-state index in [1.165, 1.54) is 22.9 Å². The predicted molar refractivity (Wildman–Crippen MR) is 102 cm³/mol. The van der Waals surface area contributed by atoms with Crippen molar-refractivity contribution >= 4 is 23.0 Å². The number of thiazole rings is 1. The summed E-state index contributed by atoms with van der Waals surface area (Å²) in [6.45, 7) is 2.89. The number of methoxy groups -OCH3 is 1. The Balaban J connectivity index is 1.62. The molecule has 0 saturated carbocycles. The summed E-state index contributed by atoms with van der Waals surface area (Å²) in [5, 5.41) is 17.7. The highest BCUT2D eigenvalue weighted by molar-refractivity contribution is 7.13. The standard InChI is InChI=1S/C18H18N4O5S/c1-11-17(22(24)25)12(2)21(20-11)8-16(23)27-9-14-10-28-18(19-14)13-5-4-6-15(7-13)26-3/h4-7,10H,8-9H2,1-3H3.